The standard InChI is InChI=1S/C19H20F2N2/c1-3-5-15-6-8-16(9-7-15)12-22-23-13-17-18(20)10-14(4-2)11-19(17)21/h6-13H,3-5H2,1-2H3. The van der Waals surface area contributed by atoms with Crippen LogP contribution in [0.25, 0.3) is 0 Å². The molecule has 0 unspecified atom stereocenters. The molecule has 0 radical (unpaired) electrons. The minimum atomic E-state index is -0.621. The summed E-state index contributed by atoms with van der Waals surface area (Å²) >= 11 is 0. The van der Waals surface area contributed by atoms with Gasteiger partial charge in [0.05, 0.1) is 18.0 Å². The van der Waals surface area contributed by atoms with Crippen LogP contribution in [0.2, 0.25) is 0 Å². The van der Waals surface area contributed by atoms with Crippen LogP contribution in [0.3, 0.4) is 0 Å². The highest BCUT2D eigenvalue weighted by Crippen LogP contribution is 2.14. The zero-order valence-corrected chi connectivity index (χ0v) is 13.4. The van der Waals surface area contributed by atoms with Gasteiger partial charge in [-0.25, -0.2) is 8.78 Å². The van der Waals surface area contributed by atoms with Gasteiger partial charge in [0, 0.05) is 0 Å². The molecule has 0 aliphatic carbocycles. The summed E-state index contributed by atoms with van der Waals surface area (Å²) in [6.45, 7) is 3.98. The van der Waals surface area contributed by atoms with E-state index >= 15 is 0 Å². The normalized spacial score (nSPS) is 11.7. The Bertz CT molecular complexity index is 681. The summed E-state index contributed by atoms with van der Waals surface area (Å²) in [5.74, 6) is -1.24. The van der Waals surface area contributed by atoms with Crippen LogP contribution in [-0.4, -0.2) is 12.4 Å². The first-order valence-corrected chi connectivity index (χ1v) is 7.77. The molecule has 0 saturated heterocycles. The Balaban J connectivity index is 2.06. The molecule has 2 aromatic rings. The van der Waals surface area contributed by atoms with Crippen molar-refractivity contribution in [2.24, 2.45) is 10.2 Å². The lowest BCUT2D eigenvalue weighted by atomic mass is 10.1. The van der Waals surface area contributed by atoms with E-state index in [0.717, 1.165) is 24.6 Å². The van der Waals surface area contributed by atoms with Gasteiger partial charge in [-0.15, -0.1) is 0 Å². The zero-order chi connectivity index (χ0) is 16.7. The molecule has 0 fully saturated rings. The van der Waals surface area contributed by atoms with Crippen molar-refractivity contribution in [3.63, 3.8) is 0 Å². The molecule has 0 heterocycles. The summed E-state index contributed by atoms with van der Waals surface area (Å²) in [6.07, 6.45) is 5.39. The Hall–Kier alpha value is -2.36. The number of hydrogen-bond donors (Lipinski definition) is 0. The summed E-state index contributed by atoms with van der Waals surface area (Å²) in [7, 11) is 0. The first kappa shape index (κ1) is 17.0. The van der Waals surface area contributed by atoms with E-state index in [0.29, 0.717) is 12.0 Å². The molecule has 0 N–H and O–H groups in total. The van der Waals surface area contributed by atoms with Gasteiger partial charge in [-0.05, 0) is 41.7 Å². The van der Waals surface area contributed by atoms with E-state index in [9.17, 15) is 8.78 Å². The maximum absolute atomic E-state index is 13.8. The first-order chi connectivity index (χ1) is 11.1. The van der Waals surface area contributed by atoms with Gasteiger partial charge in [-0.3, -0.25) is 0 Å². The third kappa shape index (κ3) is 4.81. The molecule has 120 valence electrons. The average Bonchev–Trinajstić information content (AvgIpc) is 2.55. The molecule has 0 aliphatic rings. The number of halogens is 2. The van der Waals surface area contributed by atoms with Crippen molar-refractivity contribution in [2.45, 2.75) is 33.1 Å². The maximum atomic E-state index is 13.8. The van der Waals surface area contributed by atoms with Crippen molar-refractivity contribution in [1.29, 1.82) is 0 Å². The van der Waals surface area contributed by atoms with Gasteiger partial charge >= 0.3 is 0 Å². The number of hydrogen-bond acceptors (Lipinski definition) is 2. The van der Waals surface area contributed by atoms with E-state index < -0.39 is 11.6 Å². The van der Waals surface area contributed by atoms with E-state index in [1.54, 1.807) is 6.21 Å². The van der Waals surface area contributed by atoms with Crippen LogP contribution >= 0.6 is 0 Å². The fourth-order valence-corrected chi connectivity index (χ4v) is 2.21. The second kappa shape index (κ2) is 8.32. The summed E-state index contributed by atoms with van der Waals surface area (Å²) in [5.41, 5.74) is 2.61. The topological polar surface area (TPSA) is 24.7 Å². The van der Waals surface area contributed by atoms with Gasteiger partial charge < -0.3 is 0 Å². The highest BCUT2D eigenvalue weighted by atomic mass is 19.1. The Kier molecular flexibility index (Phi) is 6.15. The average molecular weight is 314 g/mol. The molecule has 0 saturated carbocycles. The number of benzene rings is 2. The summed E-state index contributed by atoms with van der Waals surface area (Å²) in [5, 5.41) is 7.59. The van der Waals surface area contributed by atoms with E-state index in [1.165, 1.54) is 17.7 Å². The van der Waals surface area contributed by atoms with Crippen LogP contribution in [-0.2, 0) is 12.8 Å². The fraction of sp³-hybridized carbons (Fsp3) is 0.263. The number of nitrogens with zero attached hydrogens (tertiary/aromatic N) is 2. The highest BCUT2D eigenvalue weighted by Gasteiger charge is 2.08. The van der Waals surface area contributed by atoms with Crippen LogP contribution in [0.15, 0.2) is 46.6 Å². The van der Waals surface area contributed by atoms with E-state index in [-0.39, 0.29) is 5.56 Å². The second-order valence-electron chi connectivity index (χ2n) is 5.31. The zero-order valence-electron chi connectivity index (χ0n) is 13.4. The predicted octanol–water partition coefficient (Wildman–Crippen LogP) is 4.93. The summed E-state index contributed by atoms with van der Waals surface area (Å²) < 4.78 is 27.6. The van der Waals surface area contributed by atoms with Crippen molar-refractivity contribution in [3.05, 3.63) is 70.3 Å². The molecular weight excluding hydrogens is 294 g/mol. The van der Waals surface area contributed by atoms with Crippen molar-refractivity contribution in [2.75, 3.05) is 0 Å². The van der Waals surface area contributed by atoms with Crippen LogP contribution in [0.1, 0.15) is 42.5 Å². The minimum Gasteiger partial charge on any atom is -0.206 e. The Morgan fingerprint density at radius 1 is 0.870 bits per heavy atom. The molecule has 23 heavy (non-hydrogen) atoms. The van der Waals surface area contributed by atoms with Crippen LogP contribution in [0.5, 0.6) is 0 Å². The van der Waals surface area contributed by atoms with Crippen LogP contribution < -0.4 is 0 Å². The van der Waals surface area contributed by atoms with Crippen molar-refractivity contribution >= 4 is 12.4 Å². The fourth-order valence-electron chi connectivity index (χ4n) is 2.21. The molecule has 4 heteroatoms. The smallest absolute Gasteiger partial charge is 0.135 e. The maximum Gasteiger partial charge on any atom is 0.135 e. The molecule has 0 amide bonds. The van der Waals surface area contributed by atoms with Crippen molar-refractivity contribution in [1.82, 2.24) is 0 Å². The van der Waals surface area contributed by atoms with Gasteiger partial charge in [-0.2, -0.15) is 10.2 Å². The molecule has 0 bridgehead atoms. The quantitative estimate of drug-likeness (QED) is 0.533. The van der Waals surface area contributed by atoms with Gasteiger partial charge in [0.15, 0.2) is 0 Å². The number of rotatable bonds is 6. The van der Waals surface area contributed by atoms with Gasteiger partial charge in [0.25, 0.3) is 0 Å². The monoisotopic (exact) mass is 314 g/mol. The SMILES string of the molecule is CCCc1ccc(C=NN=Cc2c(F)cc(CC)cc2F)cc1. The number of aryl methyl sites for hydroxylation is 2. The lowest BCUT2D eigenvalue weighted by molar-refractivity contribution is 0.577. The van der Waals surface area contributed by atoms with E-state index in [1.807, 2.05) is 31.2 Å². The summed E-state index contributed by atoms with van der Waals surface area (Å²) in [4.78, 5) is 0. The third-order valence-electron chi connectivity index (χ3n) is 3.53. The van der Waals surface area contributed by atoms with Gasteiger partial charge in [-0.1, -0.05) is 44.5 Å². The van der Waals surface area contributed by atoms with E-state index in [4.69, 9.17) is 0 Å². The van der Waals surface area contributed by atoms with E-state index in [2.05, 4.69) is 17.1 Å². The third-order valence-corrected chi connectivity index (χ3v) is 3.53. The molecule has 2 rings (SSSR count). The van der Waals surface area contributed by atoms with Crippen LogP contribution in [0, 0.1) is 11.6 Å². The predicted molar refractivity (Wildman–Crippen MR) is 91.4 cm³/mol. The van der Waals surface area contributed by atoms with Crippen molar-refractivity contribution in [3.8, 4) is 0 Å². The first-order valence-electron chi connectivity index (χ1n) is 7.77. The highest BCUT2D eigenvalue weighted by molar-refractivity contribution is 5.83. The lowest BCUT2D eigenvalue weighted by Gasteiger charge is -2.02. The molecule has 2 nitrogen and oxygen atoms in total. The molecular formula is C19H20F2N2. The minimum absolute atomic E-state index is 0.169. The Labute approximate surface area is 135 Å². The molecule has 0 aromatic heterocycles. The molecule has 0 spiro atoms. The van der Waals surface area contributed by atoms with Gasteiger partial charge in [0.1, 0.15) is 11.6 Å². The largest absolute Gasteiger partial charge is 0.206 e. The Morgan fingerprint density at radius 3 is 2.04 bits per heavy atom. The van der Waals surface area contributed by atoms with Gasteiger partial charge in [0.2, 0.25) is 0 Å². The lowest BCUT2D eigenvalue weighted by Crippen LogP contribution is -1.96. The molecule has 0 aliphatic heterocycles. The van der Waals surface area contributed by atoms with Crippen LogP contribution in [0.4, 0.5) is 8.78 Å². The second-order valence-corrected chi connectivity index (χ2v) is 5.31. The molecule has 0 atom stereocenters. The van der Waals surface area contributed by atoms with Crippen molar-refractivity contribution < 1.29 is 8.78 Å². The molecule has 2 aromatic carbocycles. The Morgan fingerprint density at radius 2 is 1.48 bits per heavy atom. The summed E-state index contributed by atoms with van der Waals surface area (Å²) in [6, 6.07) is 10.6.